The van der Waals surface area contributed by atoms with Crippen molar-refractivity contribution >= 4 is 28.4 Å². The van der Waals surface area contributed by atoms with Crippen molar-refractivity contribution in [2.24, 2.45) is 17.8 Å². The van der Waals surface area contributed by atoms with E-state index in [-0.39, 0.29) is 36.1 Å². The number of hydrogen-bond acceptors (Lipinski definition) is 5. The molecular formula is C25H32N4O3. The summed E-state index contributed by atoms with van der Waals surface area (Å²) < 4.78 is 1.57. The zero-order chi connectivity index (χ0) is 22.4. The van der Waals surface area contributed by atoms with Gasteiger partial charge in [-0.25, -0.2) is 0 Å². The molecule has 1 amide bonds. The van der Waals surface area contributed by atoms with Gasteiger partial charge in [-0.3, -0.25) is 24.0 Å². The number of hydrogen-bond donors (Lipinski definition) is 0. The molecule has 2 saturated carbocycles. The number of ketones is 2. The summed E-state index contributed by atoms with van der Waals surface area (Å²) in [6.45, 7) is 3.72. The number of carbonyl (C=O) groups excluding carboxylic acids is 3. The molecule has 170 valence electrons. The first-order chi connectivity index (χ1) is 15.4. The van der Waals surface area contributed by atoms with Crippen LogP contribution in [0.1, 0.15) is 75.7 Å². The quantitative estimate of drug-likeness (QED) is 0.617. The molecule has 3 aliphatic rings. The molecule has 1 saturated heterocycles. The van der Waals surface area contributed by atoms with Crippen LogP contribution in [0.4, 0.5) is 0 Å². The van der Waals surface area contributed by atoms with Crippen molar-refractivity contribution in [2.45, 2.75) is 83.8 Å². The average Bonchev–Trinajstić information content (AvgIpc) is 3.29. The third-order valence-corrected chi connectivity index (χ3v) is 7.91. The van der Waals surface area contributed by atoms with E-state index in [0.29, 0.717) is 40.8 Å². The Kier molecular flexibility index (Phi) is 5.59. The summed E-state index contributed by atoms with van der Waals surface area (Å²) in [6.07, 6.45) is 11.9. The second kappa shape index (κ2) is 8.41. The molecule has 2 aromatic heterocycles. The molecule has 7 heteroatoms. The molecule has 32 heavy (non-hydrogen) atoms. The van der Waals surface area contributed by atoms with E-state index in [1.54, 1.807) is 23.1 Å². The third kappa shape index (κ3) is 3.86. The van der Waals surface area contributed by atoms with E-state index in [2.05, 4.69) is 17.0 Å². The van der Waals surface area contributed by atoms with Crippen LogP contribution >= 0.6 is 0 Å². The van der Waals surface area contributed by atoms with Gasteiger partial charge < -0.3 is 4.90 Å². The highest BCUT2D eigenvalue weighted by Crippen LogP contribution is 2.48. The van der Waals surface area contributed by atoms with E-state index in [4.69, 9.17) is 0 Å². The number of nitrogens with zero attached hydrogens (tertiary/aromatic N) is 4. The fourth-order valence-corrected chi connectivity index (χ4v) is 6.04. The van der Waals surface area contributed by atoms with Crippen LogP contribution in [-0.2, 0) is 16.1 Å². The number of likely N-dealkylation sites (tertiary alicyclic amines) is 1. The first-order valence-electron chi connectivity index (χ1n) is 12.1. The van der Waals surface area contributed by atoms with Gasteiger partial charge >= 0.3 is 0 Å². The SMILES string of the molecule is CC(=O)c1nn(CC(=O)N2[C@@H]3C[C@@H]3C[C@H]2C(=O)C[C@H](C)C2CCCCC2)c2cnccc12. The van der Waals surface area contributed by atoms with E-state index in [9.17, 15) is 14.4 Å². The van der Waals surface area contributed by atoms with Crippen molar-refractivity contribution in [2.75, 3.05) is 0 Å². The maximum Gasteiger partial charge on any atom is 0.245 e. The third-order valence-electron chi connectivity index (χ3n) is 7.91. The lowest BCUT2D eigenvalue weighted by Crippen LogP contribution is -2.45. The Bertz CT molecular complexity index is 1050. The number of piperidine rings is 1. The minimum atomic E-state index is -0.301. The van der Waals surface area contributed by atoms with Crippen molar-refractivity contribution in [3.8, 4) is 0 Å². The molecule has 0 N–H and O–H groups in total. The zero-order valence-corrected chi connectivity index (χ0v) is 19.0. The number of amides is 1. The lowest BCUT2D eigenvalue weighted by molar-refractivity contribution is -0.140. The Labute approximate surface area is 188 Å². The van der Waals surface area contributed by atoms with Crippen LogP contribution in [0.2, 0.25) is 0 Å². The highest BCUT2D eigenvalue weighted by Gasteiger charge is 2.55. The fourth-order valence-electron chi connectivity index (χ4n) is 6.04. The van der Waals surface area contributed by atoms with Crippen LogP contribution in [0, 0.1) is 17.8 Å². The number of carbonyl (C=O) groups is 3. The average molecular weight is 437 g/mol. The van der Waals surface area contributed by atoms with Crippen molar-refractivity contribution < 1.29 is 14.4 Å². The number of pyridine rings is 1. The van der Waals surface area contributed by atoms with Gasteiger partial charge in [0.1, 0.15) is 12.2 Å². The Morgan fingerprint density at radius 2 is 1.94 bits per heavy atom. The van der Waals surface area contributed by atoms with Gasteiger partial charge in [-0.1, -0.05) is 39.0 Å². The molecule has 1 aliphatic heterocycles. The molecular weight excluding hydrogens is 404 g/mol. The van der Waals surface area contributed by atoms with E-state index in [1.807, 2.05) is 4.90 Å². The maximum atomic E-state index is 13.4. The van der Waals surface area contributed by atoms with Gasteiger partial charge in [0.15, 0.2) is 11.6 Å². The predicted octanol–water partition coefficient (Wildman–Crippen LogP) is 3.80. The van der Waals surface area contributed by atoms with Crippen molar-refractivity contribution in [1.82, 2.24) is 19.7 Å². The van der Waals surface area contributed by atoms with Gasteiger partial charge in [0, 0.05) is 31.0 Å². The van der Waals surface area contributed by atoms with E-state index < -0.39 is 0 Å². The predicted molar refractivity (Wildman–Crippen MR) is 120 cm³/mol. The number of Topliss-reactive ketones (excluding diaryl/α,β-unsaturated/α-hetero) is 2. The molecule has 3 fully saturated rings. The fraction of sp³-hybridized carbons (Fsp3) is 0.640. The molecule has 0 unspecified atom stereocenters. The van der Waals surface area contributed by atoms with E-state index in [1.165, 1.54) is 39.0 Å². The van der Waals surface area contributed by atoms with Gasteiger partial charge in [0.05, 0.1) is 17.8 Å². The molecule has 0 spiro atoms. The molecule has 2 aliphatic carbocycles. The van der Waals surface area contributed by atoms with Crippen LogP contribution in [0.3, 0.4) is 0 Å². The smallest absolute Gasteiger partial charge is 0.245 e. The topological polar surface area (TPSA) is 85.2 Å². The standard InChI is InChI=1S/C25H32N4O3/c1-15(17-6-4-3-5-7-17)10-23(31)21-12-18-11-20(18)29(21)24(32)14-28-22-13-26-9-8-19(22)25(27-28)16(2)30/h8-9,13,15,17-18,20-21H,3-7,10-12,14H2,1-2H3/t15-,18+,20+,21-/m0/s1. The van der Waals surface area contributed by atoms with Crippen molar-refractivity contribution in [1.29, 1.82) is 0 Å². The van der Waals surface area contributed by atoms with Crippen LogP contribution in [0.5, 0.6) is 0 Å². The van der Waals surface area contributed by atoms with Gasteiger partial charge in [0.25, 0.3) is 0 Å². The van der Waals surface area contributed by atoms with Crippen molar-refractivity contribution in [3.63, 3.8) is 0 Å². The summed E-state index contributed by atoms with van der Waals surface area (Å²) in [5.41, 5.74) is 1.03. The van der Waals surface area contributed by atoms with Crippen LogP contribution < -0.4 is 0 Å². The highest BCUT2D eigenvalue weighted by atomic mass is 16.2. The molecule has 3 heterocycles. The van der Waals surface area contributed by atoms with Crippen LogP contribution in [0.15, 0.2) is 18.5 Å². The first-order valence-corrected chi connectivity index (χ1v) is 12.1. The van der Waals surface area contributed by atoms with E-state index in [0.717, 1.165) is 12.8 Å². The lowest BCUT2D eigenvalue weighted by atomic mass is 9.78. The summed E-state index contributed by atoms with van der Waals surface area (Å²) in [4.78, 5) is 44.7. The van der Waals surface area contributed by atoms with Gasteiger partial charge in [-0.15, -0.1) is 0 Å². The van der Waals surface area contributed by atoms with Crippen LogP contribution in [0.25, 0.3) is 10.9 Å². The van der Waals surface area contributed by atoms with Gasteiger partial charge in [-0.05, 0) is 36.7 Å². The molecule has 0 radical (unpaired) electrons. The zero-order valence-electron chi connectivity index (χ0n) is 19.0. The minimum Gasteiger partial charge on any atom is -0.328 e. The second-order valence-corrected chi connectivity index (χ2v) is 10.1. The molecule has 4 atom stereocenters. The molecule has 2 aromatic rings. The maximum absolute atomic E-state index is 13.4. The molecule has 5 rings (SSSR count). The van der Waals surface area contributed by atoms with Crippen molar-refractivity contribution in [3.05, 3.63) is 24.2 Å². The monoisotopic (exact) mass is 436 g/mol. The molecule has 7 nitrogen and oxygen atoms in total. The Hall–Kier alpha value is -2.57. The highest BCUT2D eigenvalue weighted by molar-refractivity contribution is 6.04. The lowest BCUT2D eigenvalue weighted by Gasteiger charge is -2.31. The Morgan fingerprint density at radius 1 is 1.16 bits per heavy atom. The summed E-state index contributed by atoms with van der Waals surface area (Å²) in [5.74, 6) is 1.49. The number of fused-ring (bicyclic) bond motifs is 2. The summed E-state index contributed by atoms with van der Waals surface area (Å²) in [7, 11) is 0. The summed E-state index contributed by atoms with van der Waals surface area (Å²) in [5, 5.41) is 5.12. The Balaban J connectivity index is 1.31. The normalized spacial score (nSPS) is 26.2. The van der Waals surface area contributed by atoms with Gasteiger partial charge in [-0.2, -0.15) is 5.10 Å². The summed E-state index contributed by atoms with van der Waals surface area (Å²) >= 11 is 0. The first kappa shape index (κ1) is 21.3. The Morgan fingerprint density at radius 3 is 2.69 bits per heavy atom. The molecule has 0 aromatic carbocycles. The molecule has 0 bridgehead atoms. The number of rotatable bonds is 7. The minimum absolute atomic E-state index is 0.0284. The largest absolute Gasteiger partial charge is 0.328 e. The van der Waals surface area contributed by atoms with E-state index >= 15 is 0 Å². The second-order valence-electron chi connectivity index (χ2n) is 10.1. The van der Waals surface area contributed by atoms with Gasteiger partial charge in [0.2, 0.25) is 5.91 Å². The summed E-state index contributed by atoms with van der Waals surface area (Å²) in [6, 6.07) is 1.64. The number of aromatic nitrogens is 3. The van der Waals surface area contributed by atoms with Crippen LogP contribution in [-0.4, -0.2) is 49.2 Å².